The Morgan fingerprint density at radius 2 is 2.00 bits per heavy atom. The summed E-state index contributed by atoms with van der Waals surface area (Å²) >= 11 is 0. The number of rotatable bonds is 3. The van der Waals surface area contributed by atoms with Crippen molar-refractivity contribution in [1.82, 2.24) is 9.97 Å². The second-order valence-corrected chi connectivity index (χ2v) is 3.58. The average molecular weight is 245 g/mol. The van der Waals surface area contributed by atoms with Gasteiger partial charge in [-0.25, -0.2) is 9.97 Å². The fraction of sp³-hybridized carbons (Fsp3) is 0.167. The van der Waals surface area contributed by atoms with Crippen molar-refractivity contribution >= 4 is 5.82 Å². The lowest BCUT2D eigenvalue weighted by Crippen LogP contribution is -1.98. The third-order valence-electron chi connectivity index (χ3n) is 2.46. The third kappa shape index (κ3) is 1.88. The molecule has 1 aliphatic heterocycles. The van der Waals surface area contributed by atoms with Crippen molar-refractivity contribution in [2.24, 2.45) is 0 Å². The van der Waals surface area contributed by atoms with E-state index >= 15 is 0 Å². The van der Waals surface area contributed by atoms with Gasteiger partial charge in [0.05, 0.1) is 0 Å². The van der Waals surface area contributed by atoms with Gasteiger partial charge in [-0.3, -0.25) is 0 Å². The molecule has 3 rings (SSSR count). The summed E-state index contributed by atoms with van der Waals surface area (Å²) in [6.45, 7) is 0.242. The van der Waals surface area contributed by atoms with Crippen LogP contribution >= 0.6 is 0 Å². The molecule has 18 heavy (non-hydrogen) atoms. The summed E-state index contributed by atoms with van der Waals surface area (Å²) in [7, 11) is 1.76. The second-order valence-electron chi connectivity index (χ2n) is 3.58. The van der Waals surface area contributed by atoms with Crippen LogP contribution < -0.4 is 19.5 Å². The number of benzene rings is 1. The predicted octanol–water partition coefficient (Wildman–Crippen LogP) is 2.04. The van der Waals surface area contributed by atoms with E-state index in [2.05, 4.69) is 15.3 Å². The molecular formula is C12H11N3O3. The zero-order valence-electron chi connectivity index (χ0n) is 9.71. The van der Waals surface area contributed by atoms with Crippen LogP contribution in [-0.2, 0) is 0 Å². The number of fused-ring (bicyclic) bond motifs is 1. The SMILES string of the molecule is CNc1nccnc1Oc1ccc2c(c1)OCO2. The minimum absolute atomic E-state index is 0.242. The van der Waals surface area contributed by atoms with E-state index < -0.39 is 0 Å². The van der Waals surface area contributed by atoms with Crippen LogP contribution in [0.4, 0.5) is 5.82 Å². The van der Waals surface area contributed by atoms with Crippen LogP contribution in [0.3, 0.4) is 0 Å². The molecule has 0 fully saturated rings. The fourth-order valence-electron chi connectivity index (χ4n) is 1.62. The fourth-order valence-corrected chi connectivity index (χ4v) is 1.62. The summed E-state index contributed by atoms with van der Waals surface area (Å²) in [4.78, 5) is 8.23. The Hall–Kier alpha value is -2.50. The van der Waals surface area contributed by atoms with Crippen molar-refractivity contribution in [2.75, 3.05) is 19.2 Å². The van der Waals surface area contributed by atoms with Crippen LogP contribution in [-0.4, -0.2) is 23.8 Å². The van der Waals surface area contributed by atoms with Gasteiger partial charge in [0, 0.05) is 25.5 Å². The number of aromatic nitrogens is 2. The van der Waals surface area contributed by atoms with E-state index in [9.17, 15) is 0 Å². The quantitative estimate of drug-likeness (QED) is 0.892. The highest BCUT2D eigenvalue weighted by atomic mass is 16.7. The highest BCUT2D eigenvalue weighted by Gasteiger charge is 2.15. The highest BCUT2D eigenvalue weighted by molar-refractivity contribution is 5.50. The first-order valence-electron chi connectivity index (χ1n) is 5.43. The predicted molar refractivity (Wildman–Crippen MR) is 64.2 cm³/mol. The molecule has 1 aromatic carbocycles. The van der Waals surface area contributed by atoms with Gasteiger partial charge in [0.25, 0.3) is 5.88 Å². The van der Waals surface area contributed by atoms with E-state index in [4.69, 9.17) is 14.2 Å². The van der Waals surface area contributed by atoms with Crippen LogP contribution in [0.15, 0.2) is 30.6 Å². The van der Waals surface area contributed by atoms with Gasteiger partial charge in [-0.1, -0.05) is 0 Å². The van der Waals surface area contributed by atoms with Gasteiger partial charge in [0.15, 0.2) is 17.3 Å². The minimum Gasteiger partial charge on any atom is -0.454 e. The molecule has 0 aliphatic carbocycles. The van der Waals surface area contributed by atoms with Gasteiger partial charge in [-0.15, -0.1) is 0 Å². The Kier molecular flexibility index (Phi) is 2.60. The summed E-state index contributed by atoms with van der Waals surface area (Å²) in [5.41, 5.74) is 0. The number of ether oxygens (including phenoxy) is 3. The van der Waals surface area contributed by atoms with E-state index in [0.29, 0.717) is 23.2 Å². The molecule has 0 saturated heterocycles. The lowest BCUT2D eigenvalue weighted by Gasteiger charge is -2.08. The highest BCUT2D eigenvalue weighted by Crippen LogP contribution is 2.36. The van der Waals surface area contributed by atoms with Gasteiger partial charge < -0.3 is 19.5 Å². The molecular weight excluding hydrogens is 234 g/mol. The van der Waals surface area contributed by atoms with Crippen LogP contribution in [0, 0.1) is 0 Å². The molecule has 6 heteroatoms. The van der Waals surface area contributed by atoms with Crippen molar-refractivity contribution in [3.05, 3.63) is 30.6 Å². The van der Waals surface area contributed by atoms with Gasteiger partial charge in [0.2, 0.25) is 6.79 Å². The number of nitrogens with one attached hydrogen (secondary N) is 1. The van der Waals surface area contributed by atoms with Crippen molar-refractivity contribution in [2.45, 2.75) is 0 Å². The summed E-state index contributed by atoms with van der Waals surface area (Å²) < 4.78 is 16.2. The molecule has 1 aliphatic rings. The van der Waals surface area contributed by atoms with Crippen molar-refractivity contribution in [3.8, 4) is 23.1 Å². The van der Waals surface area contributed by atoms with Crippen molar-refractivity contribution < 1.29 is 14.2 Å². The van der Waals surface area contributed by atoms with Crippen LogP contribution in [0.2, 0.25) is 0 Å². The molecule has 2 heterocycles. The standard InChI is InChI=1S/C12H11N3O3/c1-13-11-12(15-5-4-14-11)18-8-2-3-9-10(6-8)17-7-16-9/h2-6H,7H2,1H3,(H,13,14). The maximum absolute atomic E-state index is 5.65. The van der Waals surface area contributed by atoms with Gasteiger partial charge >= 0.3 is 0 Å². The zero-order chi connectivity index (χ0) is 12.4. The zero-order valence-corrected chi connectivity index (χ0v) is 9.71. The Bertz CT molecular complexity index is 574. The molecule has 0 radical (unpaired) electrons. The minimum atomic E-state index is 0.242. The van der Waals surface area contributed by atoms with E-state index in [0.717, 1.165) is 5.75 Å². The van der Waals surface area contributed by atoms with Crippen LogP contribution in [0.5, 0.6) is 23.1 Å². The average Bonchev–Trinajstić information content (AvgIpc) is 2.87. The Balaban J connectivity index is 1.88. The first-order valence-corrected chi connectivity index (χ1v) is 5.43. The largest absolute Gasteiger partial charge is 0.454 e. The number of nitrogens with zero attached hydrogens (tertiary/aromatic N) is 2. The monoisotopic (exact) mass is 245 g/mol. The molecule has 0 amide bonds. The molecule has 2 aromatic rings. The van der Waals surface area contributed by atoms with E-state index in [1.165, 1.54) is 0 Å². The number of anilines is 1. The van der Waals surface area contributed by atoms with E-state index in [-0.39, 0.29) is 6.79 Å². The molecule has 0 atom stereocenters. The Labute approximate surface area is 104 Å². The van der Waals surface area contributed by atoms with Gasteiger partial charge in [-0.2, -0.15) is 0 Å². The van der Waals surface area contributed by atoms with E-state index in [1.807, 2.05) is 0 Å². The first kappa shape index (κ1) is 10.6. The molecule has 1 N–H and O–H groups in total. The Morgan fingerprint density at radius 1 is 1.17 bits per heavy atom. The molecule has 0 spiro atoms. The summed E-state index contributed by atoms with van der Waals surface area (Å²) in [5, 5.41) is 2.91. The van der Waals surface area contributed by atoms with Crippen molar-refractivity contribution in [3.63, 3.8) is 0 Å². The molecule has 92 valence electrons. The van der Waals surface area contributed by atoms with Crippen LogP contribution in [0.1, 0.15) is 0 Å². The van der Waals surface area contributed by atoms with Gasteiger partial charge in [0.1, 0.15) is 5.75 Å². The third-order valence-corrected chi connectivity index (χ3v) is 2.46. The smallest absolute Gasteiger partial charge is 0.262 e. The molecule has 0 unspecified atom stereocenters. The normalized spacial score (nSPS) is 12.3. The van der Waals surface area contributed by atoms with Gasteiger partial charge in [-0.05, 0) is 12.1 Å². The Morgan fingerprint density at radius 3 is 2.89 bits per heavy atom. The lowest BCUT2D eigenvalue weighted by molar-refractivity contribution is 0.174. The maximum atomic E-state index is 5.65. The molecule has 1 aromatic heterocycles. The molecule has 0 bridgehead atoms. The number of hydrogen-bond donors (Lipinski definition) is 1. The number of hydrogen-bond acceptors (Lipinski definition) is 6. The van der Waals surface area contributed by atoms with E-state index in [1.54, 1.807) is 37.6 Å². The summed E-state index contributed by atoms with van der Waals surface area (Å²) in [5.74, 6) is 3.00. The first-order chi connectivity index (χ1) is 8.86. The molecule has 6 nitrogen and oxygen atoms in total. The molecule has 0 saturated carbocycles. The topological polar surface area (TPSA) is 65.5 Å². The lowest BCUT2D eigenvalue weighted by atomic mass is 10.3. The second kappa shape index (κ2) is 4.40. The summed E-state index contributed by atoms with van der Waals surface area (Å²) in [6.07, 6.45) is 3.17. The maximum Gasteiger partial charge on any atom is 0.262 e. The van der Waals surface area contributed by atoms with Crippen molar-refractivity contribution in [1.29, 1.82) is 0 Å². The van der Waals surface area contributed by atoms with Crippen LogP contribution in [0.25, 0.3) is 0 Å². The summed E-state index contributed by atoms with van der Waals surface area (Å²) in [6, 6.07) is 5.35.